The molecule has 1 N–H and O–H groups in total. The average molecular weight is 325 g/mol. The number of carbonyl (C=O) groups is 2. The van der Waals surface area contributed by atoms with E-state index in [2.05, 4.69) is 0 Å². The van der Waals surface area contributed by atoms with Crippen molar-refractivity contribution in [3.05, 3.63) is 71.8 Å². The van der Waals surface area contributed by atoms with E-state index in [9.17, 15) is 14.7 Å². The van der Waals surface area contributed by atoms with E-state index in [1.54, 1.807) is 31.2 Å². The van der Waals surface area contributed by atoms with Crippen LogP contribution in [0.25, 0.3) is 0 Å². The van der Waals surface area contributed by atoms with Crippen molar-refractivity contribution in [2.45, 2.75) is 19.1 Å². The molecule has 5 nitrogen and oxygen atoms in total. The largest absolute Gasteiger partial charge is 0.446 e. The van der Waals surface area contributed by atoms with E-state index in [0.717, 1.165) is 10.5 Å². The van der Waals surface area contributed by atoms with E-state index in [1.807, 2.05) is 36.4 Å². The first-order valence-corrected chi connectivity index (χ1v) is 7.87. The summed E-state index contributed by atoms with van der Waals surface area (Å²) in [6.45, 7) is 1.75. The predicted octanol–water partition coefficient (Wildman–Crippen LogP) is 3.08. The molecular formula is C19H19NO4. The summed E-state index contributed by atoms with van der Waals surface area (Å²) in [5, 5.41) is 10.5. The molecule has 24 heavy (non-hydrogen) atoms. The third-order valence-electron chi connectivity index (χ3n) is 4.30. The van der Waals surface area contributed by atoms with Crippen LogP contribution in [0.5, 0.6) is 0 Å². The Bertz CT molecular complexity index is 717. The number of hydrogen-bond acceptors (Lipinski definition) is 4. The van der Waals surface area contributed by atoms with Crippen molar-refractivity contribution in [3.63, 3.8) is 0 Å². The van der Waals surface area contributed by atoms with E-state index in [-0.39, 0.29) is 6.61 Å². The van der Waals surface area contributed by atoms with Gasteiger partial charge < -0.3 is 9.84 Å². The number of nitrogens with zero attached hydrogens (tertiary/aromatic N) is 1. The number of ether oxygens (including phenoxy) is 1. The van der Waals surface area contributed by atoms with Gasteiger partial charge in [-0.2, -0.15) is 0 Å². The molecule has 3 rings (SSSR count). The lowest BCUT2D eigenvalue weighted by Gasteiger charge is -2.26. The van der Waals surface area contributed by atoms with E-state index < -0.39 is 30.1 Å². The van der Waals surface area contributed by atoms with Crippen LogP contribution in [-0.4, -0.2) is 28.6 Å². The molecule has 5 heteroatoms. The summed E-state index contributed by atoms with van der Waals surface area (Å²) >= 11 is 0. The molecule has 0 aliphatic carbocycles. The molecule has 0 bridgehead atoms. The van der Waals surface area contributed by atoms with Crippen molar-refractivity contribution in [2.75, 3.05) is 6.61 Å². The molecule has 0 saturated carbocycles. The Labute approximate surface area is 140 Å². The van der Waals surface area contributed by atoms with Crippen LogP contribution >= 0.6 is 0 Å². The molecule has 3 atom stereocenters. The van der Waals surface area contributed by atoms with Crippen LogP contribution < -0.4 is 0 Å². The zero-order chi connectivity index (χ0) is 17.1. The number of aliphatic hydroxyl groups is 1. The minimum atomic E-state index is -0.983. The molecule has 1 fully saturated rings. The molecule has 0 spiro atoms. The third-order valence-corrected chi connectivity index (χ3v) is 4.30. The summed E-state index contributed by atoms with van der Waals surface area (Å²) < 4.78 is 5.07. The number of benzene rings is 2. The van der Waals surface area contributed by atoms with Crippen LogP contribution in [0.3, 0.4) is 0 Å². The zero-order valence-electron chi connectivity index (χ0n) is 13.3. The third kappa shape index (κ3) is 3.03. The lowest BCUT2D eigenvalue weighted by molar-refractivity contribution is -0.136. The molecule has 1 aliphatic rings. The van der Waals surface area contributed by atoms with Crippen LogP contribution in [0, 0.1) is 5.92 Å². The maximum Gasteiger partial charge on any atom is 0.417 e. The number of amides is 2. The van der Waals surface area contributed by atoms with E-state index in [0.29, 0.717) is 5.56 Å². The van der Waals surface area contributed by atoms with Gasteiger partial charge in [-0.1, -0.05) is 67.6 Å². The molecule has 0 unspecified atom stereocenters. The summed E-state index contributed by atoms with van der Waals surface area (Å²) in [6, 6.07) is 17.8. The van der Waals surface area contributed by atoms with Crippen molar-refractivity contribution < 1.29 is 19.4 Å². The van der Waals surface area contributed by atoms with Gasteiger partial charge in [0.2, 0.25) is 5.91 Å². The van der Waals surface area contributed by atoms with Crippen molar-refractivity contribution in [3.8, 4) is 0 Å². The Morgan fingerprint density at radius 1 is 1.12 bits per heavy atom. The molecule has 1 heterocycles. The van der Waals surface area contributed by atoms with Crippen LogP contribution in [0.1, 0.15) is 30.2 Å². The standard InChI is InChI=1S/C19H19NO4/c1-13(17(21)15-10-6-3-7-11-15)18(22)20-16(12-24-19(20)23)14-8-4-2-5-9-14/h2-11,13,16-17,21H,12H2,1H3/t13-,16+,17-/m1/s1. The summed E-state index contributed by atoms with van der Waals surface area (Å²) in [7, 11) is 0. The van der Waals surface area contributed by atoms with E-state index in [1.165, 1.54) is 0 Å². The van der Waals surface area contributed by atoms with Crippen molar-refractivity contribution in [1.29, 1.82) is 0 Å². The summed E-state index contributed by atoms with van der Waals surface area (Å²) in [5.41, 5.74) is 1.47. The van der Waals surface area contributed by atoms with Gasteiger partial charge in [0.05, 0.1) is 12.0 Å². The average Bonchev–Trinajstić information content (AvgIpc) is 3.03. The SMILES string of the molecule is C[C@@H](C(=O)N1C(=O)OC[C@H]1c1ccccc1)[C@@H](O)c1ccccc1. The number of imide groups is 1. The van der Waals surface area contributed by atoms with Crippen molar-refractivity contribution in [2.24, 2.45) is 5.92 Å². The maximum atomic E-state index is 12.8. The highest BCUT2D eigenvalue weighted by molar-refractivity contribution is 5.95. The van der Waals surface area contributed by atoms with Gasteiger partial charge in [-0.15, -0.1) is 0 Å². The fraction of sp³-hybridized carbons (Fsp3) is 0.263. The van der Waals surface area contributed by atoms with Crippen LogP contribution in [-0.2, 0) is 9.53 Å². The summed E-state index contributed by atoms with van der Waals surface area (Å²) in [4.78, 5) is 26.0. The molecule has 2 aromatic carbocycles. The van der Waals surface area contributed by atoms with Gasteiger partial charge in [0.1, 0.15) is 12.6 Å². The first-order valence-electron chi connectivity index (χ1n) is 7.87. The topological polar surface area (TPSA) is 66.8 Å². The highest BCUT2D eigenvalue weighted by Gasteiger charge is 2.42. The smallest absolute Gasteiger partial charge is 0.417 e. The van der Waals surface area contributed by atoms with Gasteiger partial charge in [-0.3, -0.25) is 4.79 Å². The minimum Gasteiger partial charge on any atom is -0.446 e. The second-order valence-electron chi connectivity index (χ2n) is 5.86. The minimum absolute atomic E-state index is 0.128. The van der Waals surface area contributed by atoms with Gasteiger partial charge in [-0.05, 0) is 11.1 Å². The summed E-state index contributed by atoms with van der Waals surface area (Å²) in [6.07, 6.45) is -1.65. The number of hydrogen-bond donors (Lipinski definition) is 1. The van der Waals surface area contributed by atoms with Gasteiger partial charge in [0, 0.05) is 0 Å². The van der Waals surface area contributed by atoms with Crippen molar-refractivity contribution in [1.82, 2.24) is 4.90 Å². The number of cyclic esters (lactones) is 1. The lowest BCUT2D eigenvalue weighted by atomic mass is 9.95. The fourth-order valence-electron chi connectivity index (χ4n) is 2.88. The Balaban J connectivity index is 1.83. The zero-order valence-corrected chi connectivity index (χ0v) is 13.3. The first-order chi connectivity index (χ1) is 11.6. The normalized spacial score (nSPS) is 19.7. The highest BCUT2D eigenvalue weighted by Crippen LogP contribution is 2.32. The second-order valence-corrected chi connectivity index (χ2v) is 5.86. The number of carbonyl (C=O) groups excluding carboxylic acids is 2. The maximum absolute atomic E-state index is 12.8. The van der Waals surface area contributed by atoms with Crippen LogP contribution in [0.2, 0.25) is 0 Å². The molecule has 2 amide bonds. The second kappa shape index (κ2) is 6.84. The Kier molecular flexibility index (Phi) is 4.62. The van der Waals surface area contributed by atoms with Crippen LogP contribution in [0.15, 0.2) is 60.7 Å². The van der Waals surface area contributed by atoms with Gasteiger partial charge >= 0.3 is 6.09 Å². The molecule has 0 aromatic heterocycles. The predicted molar refractivity (Wildman–Crippen MR) is 87.9 cm³/mol. The van der Waals surface area contributed by atoms with Crippen molar-refractivity contribution >= 4 is 12.0 Å². The summed E-state index contributed by atoms with van der Waals surface area (Å²) in [5.74, 6) is -1.20. The van der Waals surface area contributed by atoms with E-state index >= 15 is 0 Å². The van der Waals surface area contributed by atoms with Gasteiger partial charge in [0.25, 0.3) is 0 Å². The van der Waals surface area contributed by atoms with Crippen LogP contribution in [0.4, 0.5) is 4.79 Å². The fourth-order valence-corrected chi connectivity index (χ4v) is 2.88. The number of rotatable bonds is 4. The molecule has 1 aliphatic heterocycles. The molecule has 124 valence electrons. The lowest BCUT2D eigenvalue weighted by Crippen LogP contribution is -2.39. The van der Waals surface area contributed by atoms with Gasteiger partial charge in [0.15, 0.2) is 0 Å². The molecule has 2 aromatic rings. The number of aliphatic hydroxyl groups excluding tert-OH is 1. The van der Waals surface area contributed by atoms with Gasteiger partial charge in [-0.25, -0.2) is 9.69 Å². The first kappa shape index (κ1) is 16.2. The molecule has 0 radical (unpaired) electrons. The molecular weight excluding hydrogens is 306 g/mol. The van der Waals surface area contributed by atoms with E-state index in [4.69, 9.17) is 4.74 Å². The quantitative estimate of drug-likeness (QED) is 0.938. The monoisotopic (exact) mass is 325 g/mol. The Morgan fingerprint density at radius 2 is 1.71 bits per heavy atom. The Morgan fingerprint density at radius 3 is 2.33 bits per heavy atom. The molecule has 1 saturated heterocycles. The Hall–Kier alpha value is -2.66. The highest BCUT2D eigenvalue weighted by atomic mass is 16.6.